The molecule has 2 aliphatic heterocycles. The number of hydrogen-bond acceptors (Lipinski definition) is 5. The van der Waals surface area contributed by atoms with E-state index in [1.54, 1.807) is 6.07 Å². The molecular weight excluding hydrogens is 330 g/mol. The Morgan fingerprint density at radius 1 is 1.33 bits per heavy atom. The van der Waals surface area contributed by atoms with Crippen LogP contribution in [-0.2, 0) is 19.4 Å². The number of carbonyl (C=O) groups excluding carboxylic acids is 2. The van der Waals surface area contributed by atoms with Gasteiger partial charge in [0.25, 0.3) is 5.91 Å². The fourth-order valence-corrected chi connectivity index (χ4v) is 4.53. The van der Waals surface area contributed by atoms with Gasteiger partial charge in [-0.05, 0) is 31.0 Å². The Labute approximate surface area is 140 Å². The lowest BCUT2D eigenvalue weighted by molar-refractivity contribution is -0.119. The van der Waals surface area contributed by atoms with E-state index in [9.17, 15) is 18.0 Å². The molecule has 2 heterocycles. The molecule has 8 heteroatoms. The second-order valence-corrected chi connectivity index (χ2v) is 8.39. The summed E-state index contributed by atoms with van der Waals surface area (Å²) >= 11 is 0. The number of hydrogen-bond donors (Lipinski definition) is 1. The van der Waals surface area contributed by atoms with Crippen LogP contribution in [-0.4, -0.2) is 43.5 Å². The minimum absolute atomic E-state index is 0.0352. The summed E-state index contributed by atoms with van der Waals surface area (Å²) in [6.07, 6.45) is 0.873. The topological polar surface area (TPSA) is 95.9 Å². The third-order valence-corrected chi connectivity index (χ3v) is 5.88. The van der Waals surface area contributed by atoms with Crippen molar-refractivity contribution in [3.8, 4) is 0 Å². The van der Waals surface area contributed by atoms with Gasteiger partial charge in [-0.2, -0.15) is 5.10 Å². The first-order valence-corrected chi connectivity index (χ1v) is 9.64. The van der Waals surface area contributed by atoms with E-state index in [1.165, 1.54) is 5.01 Å². The molecule has 0 bridgehead atoms. The van der Waals surface area contributed by atoms with Crippen molar-refractivity contribution in [2.45, 2.75) is 32.2 Å². The van der Waals surface area contributed by atoms with E-state index < -0.39 is 15.7 Å². The van der Waals surface area contributed by atoms with Crippen molar-refractivity contribution >= 4 is 33.1 Å². The molecular formula is C16H19N3O4S. The fourth-order valence-electron chi connectivity index (χ4n) is 2.86. The monoisotopic (exact) mass is 349 g/mol. The van der Waals surface area contributed by atoms with Crippen molar-refractivity contribution in [3.05, 3.63) is 29.8 Å². The van der Waals surface area contributed by atoms with Crippen LogP contribution < -0.4 is 10.3 Å². The molecule has 1 aromatic carbocycles. The summed E-state index contributed by atoms with van der Waals surface area (Å²) in [6, 6.07) is 6.95. The van der Waals surface area contributed by atoms with Crippen molar-refractivity contribution in [3.63, 3.8) is 0 Å². The summed E-state index contributed by atoms with van der Waals surface area (Å²) in [7, 11) is -3.06. The van der Waals surface area contributed by atoms with Crippen molar-refractivity contribution < 1.29 is 18.0 Å². The highest BCUT2D eigenvalue weighted by atomic mass is 32.2. The Morgan fingerprint density at radius 2 is 2.12 bits per heavy atom. The average molecular weight is 349 g/mol. The summed E-state index contributed by atoms with van der Waals surface area (Å²) in [5, 5.41) is 8.15. The standard InChI is InChI=1S/C16H19N3O4S/c1-11-3-2-4-13(9-11)19-15(20)6-5-14(18-19)16(21)17-12-7-8-24(22,23)10-12/h2-4,9,12H,5-8,10H2,1H3,(H,17,21)/t12-/m0/s1. The quantitative estimate of drug-likeness (QED) is 0.872. The number of benzene rings is 1. The van der Waals surface area contributed by atoms with Crippen LogP contribution in [0.2, 0.25) is 0 Å². The van der Waals surface area contributed by atoms with Crippen LogP contribution in [0.4, 0.5) is 5.69 Å². The first-order chi connectivity index (χ1) is 11.3. The van der Waals surface area contributed by atoms with Crippen LogP contribution in [0.1, 0.15) is 24.8 Å². The molecule has 2 aliphatic rings. The maximum atomic E-state index is 12.3. The van der Waals surface area contributed by atoms with E-state index in [2.05, 4.69) is 10.4 Å². The molecule has 3 rings (SSSR count). The first kappa shape index (κ1) is 16.6. The fraction of sp³-hybridized carbons (Fsp3) is 0.438. The molecule has 0 spiro atoms. The highest BCUT2D eigenvalue weighted by Crippen LogP contribution is 2.21. The van der Waals surface area contributed by atoms with E-state index >= 15 is 0 Å². The number of nitrogens with zero attached hydrogens (tertiary/aromatic N) is 2. The van der Waals surface area contributed by atoms with Gasteiger partial charge in [0.05, 0.1) is 17.2 Å². The Hall–Kier alpha value is -2.22. The minimum Gasteiger partial charge on any atom is -0.347 e. The Balaban J connectivity index is 1.76. The molecule has 1 aromatic rings. The number of amides is 2. The number of anilines is 1. The van der Waals surface area contributed by atoms with Gasteiger partial charge >= 0.3 is 0 Å². The summed E-state index contributed by atoms with van der Waals surface area (Å²) in [5.74, 6) is -0.506. The van der Waals surface area contributed by atoms with E-state index in [-0.39, 0.29) is 42.0 Å². The number of aryl methyl sites for hydroxylation is 1. The van der Waals surface area contributed by atoms with E-state index in [0.717, 1.165) is 5.56 Å². The molecule has 1 atom stereocenters. The van der Waals surface area contributed by atoms with Crippen molar-refractivity contribution in [2.24, 2.45) is 5.10 Å². The molecule has 0 radical (unpaired) electrons. The van der Waals surface area contributed by atoms with Gasteiger partial charge in [-0.15, -0.1) is 0 Å². The second kappa shape index (κ2) is 6.35. The average Bonchev–Trinajstić information content (AvgIpc) is 2.86. The predicted octanol–water partition coefficient (Wildman–Crippen LogP) is 0.781. The van der Waals surface area contributed by atoms with Crippen LogP contribution in [0.5, 0.6) is 0 Å². The smallest absolute Gasteiger partial charge is 0.267 e. The normalized spacial score (nSPS) is 23.0. The van der Waals surface area contributed by atoms with Gasteiger partial charge < -0.3 is 5.32 Å². The molecule has 2 amide bonds. The van der Waals surface area contributed by atoms with Crippen LogP contribution in [0, 0.1) is 6.92 Å². The van der Waals surface area contributed by atoms with E-state index in [0.29, 0.717) is 12.1 Å². The zero-order valence-corrected chi connectivity index (χ0v) is 14.2. The number of nitrogens with one attached hydrogen (secondary N) is 1. The lowest BCUT2D eigenvalue weighted by Gasteiger charge is -2.24. The van der Waals surface area contributed by atoms with Crippen molar-refractivity contribution in [1.82, 2.24) is 5.32 Å². The Morgan fingerprint density at radius 3 is 2.79 bits per heavy atom. The molecule has 1 saturated heterocycles. The van der Waals surface area contributed by atoms with Gasteiger partial charge in [0.15, 0.2) is 9.84 Å². The van der Waals surface area contributed by atoms with Crippen molar-refractivity contribution in [1.29, 1.82) is 0 Å². The van der Waals surface area contributed by atoms with E-state index in [4.69, 9.17) is 0 Å². The molecule has 1 N–H and O–H groups in total. The largest absolute Gasteiger partial charge is 0.347 e. The van der Waals surface area contributed by atoms with Crippen LogP contribution in [0.25, 0.3) is 0 Å². The zero-order chi connectivity index (χ0) is 17.3. The first-order valence-electron chi connectivity index (χ1n) is 7.82. The lowest BCUT2D eigenvalue weighted by Crippen LogP contribution is -2.43. The van der Waals surface area contributed by atoms with Gasteiger partial charge in [0.1, 0.15) is 5.71 Å². The van der Waals surface area contributed by atoms with Gasteiger partial charge in [-0.1, -0.05) is 12.1 Å². The molecule has 0 aliphatic carbocycles. The van der Waals surface area contributed by atoms with Gasteiger partial charge in [-0.3, -0.25) is 9.59 Å². The van der Waals surface area contributed by atoms with Gasteiger partial charge in [0.2, 0.25) is 5.91 Å². The molecule has 0 aromatic heterocycles. The summed E-state index contributed by atoms with van der Waals surface area (Å²) in [4.78, 5) is 24.5. The van der Waals surface area contributed by atoms with Crippen LogP contribution in [0.3, 0.4) is 0 Å². The maximum absolute atomic E-state index is 12.3. The molecule has 1 fully saturated rings. The number of carbonyl (C=O) groups is 2. The van der Waals surface area contributed by atoms with Gasteiger partial charge in [-0.25, -0.2) is 13.4 Å². The number of sulfone groups is 1. The SMILES string of the molecule is Cc1cccc(N2N=C(C(=O)N[C@H]3CCS(=O)(=O)C3)CCC2=O)c1. The number of rotatable bonds is 3. The second-order valence-electron chi connectivity index (χ2n) is 6.16. The Bertz CT molecular complexity index is 816. The zero-order valence-electron chi connectivity index (χ0n) is 13.4. The highest BCUT2D eigenvalue weighted by Gasteiger charge is 2.31. The molecule has 0 saturated carbocycles. The van der Waals surface area contributed by atoms with Crippen LogP contribution >= 0.6 is 0 Å². The minimum atomic E-state index is -3.06. The molecule has 128 valence electrons. The van der Waals surface area contributed by atoms with Crippen LogP contribution in [0.15, 0.2) is 29.4 Å². The summed E-state index contributed by atoms with van der Waals surface area (Å²) in [5.41, 5.74) is 1.86. The summed E-state index contributed by atoms with van der Waals surface area (Å²) in [6.45, 7) is 1.91. The van der Waals surface area contributed by atoms with Crippen molar-refractivity contribution in [2.75, 3.05) is 16.5 Å². The van der Waals surface area contributed by atoms with Gasteiger partial charge in [0, 0.05) is 18.9 Å². The third-order valence-electron chi connectivity index (χ3n) is 4.11. The molecule has 0 unspecified atom stereocenters. The predicted molar refractivity (Wildman–Crippen MR) is 90.5 cm³/mol. The summed E-state index contributed by atoms with van der Waals surface area (Å²) < 4.78 is 23.0. The third kappa shape index (κ3) is 3.64. The van der Waals surface area contributed by atoms with E-state index in [1.807, 2.05) is 25.1 Å². The molecule has 24 heavy (non-hydrogen) atoms. The lowest BCUT2D eigenvalue weighted by atomic mass is 10.1. The number of hydrazone groups is 1. The molecule has 7 nitrogen and oxygen atoms in total. The Kier molecular flexibility index (Phi) is 4.40. The maximum Gasteiger partial charge on any atom is 0.267 e. The highest BCUT2D eigenvalue weighted by molar-refractivity contribution is 7.91.